The molecule has 2 fully saturated rings. The third-order valence-electron chi connectivity index (χ3n) is 6.35. The SMILES string of the molecule is CC1(C)[C@@H]2CC[C@@]1(C)C(=O)C2=Cc1ccc([N+](C)(C)C)cc1. The van der Waals surface area contributed by atoms with Crippen molar-refractivity contribution in [2.24, 2.45) is 16.7 Å². The molecule has 0 spiro atoms. The second-order valence-corrected chi connectivity index (χ2v) is 8.68. The zero-order valence-electron chi connectivity index (χ0n) is 14.7. The smallest absolute Gasteiger partial charge is 0.165 e. The van der Waals surface area contributed by atoms with E-state index in [1.54, 1.807) is 0 Å². The molecular weight excluding hydrogens is 270 g/mol. The Morgan fingerprint density at radius 2 is 1.68 bits per heavy atom. The van der Waals surface area contributed by atoms with Crippen LogP contribution < -0.4 is 4.48 Å². The Hall–Kier alpha value is -1.41. The van der Waals surface area contributed by atoms with E-state index in [1.165, 1.54) is 5.69 Å². The van der Waals surface area contributed by atoms with Crippen molar-refractivity contribution in [3.8, 4) is 0 Å². The first kappa shape index (κ1) is 15.5. The van der Waals surface area contributed by atoms with Gasteiger partial charge in [0.2, 0.25) is 0 Å². The first-order valence-electron chi connectivity index (χ1n) is 8.26. The van der Waals surface area contributed by atoms with Crippen LogP contribution in [0.3, 0.4) is 0 Å². The minimum Gasteiger partial charge on any atom is -0.298 e. The van der Waals surface area contributed by atoms with Crippen LogP contribution in [-0.2, 0) is 4.79 Å². The largest absolute Gasteiger partial charge is 0.298 e. The van der Waals surface area contributed by atoms with E-state index in [0.717, 1.165) is 28.5 Å². The van der Waals surface area contributed by atoms with Crippen molar-refractivity contribution in [1.82, 2.24) is 4.48 Å². The first-order valence-corrected chi connectivity index (χ1v) is 8.26. The number of carbonyl (C=O) groups is 1. The van der Waals surface area contributed by atoms with Gasteiger partial charge >= 0.3 is 0 Å². The van der Waals surface area contributed by atoms with Crippen LogP contribution in [0.1, 0.15) is 39.2 Å². The normalized spacial score (nSPS) is 32.0. The molecule has 2 saturated carbocycles. The molecule has 0 unspecified atom stereocenters. The molecule has 0 radical (unpaired) electrons. The summed E-state index contributed by atoms with van der Waals surface area (Å²) < 4.78 is 0.809. The highest BCUT2D eigenvalue weighted by Gasteiger charge is 2.63. The summed E-state index contributed by atoms with van der Waals surface area (Å²) in [6.07, 6.45) is 4.33. The number of fused-ring (bicyclic) bond motifs is 2. The molecule has 1 aromatic carbocycles. The van der Waals surface area contributed by atoms with E-state index in [9.17, 15) is 4.79 Å². The number of Topliss-reactive ketones (excluding diaryl/α,β-unsaturated/α-hetero) is 1. The van der Waals surface area contributed by atoms with Crippen molar-refractivity contribution >= 4 is 17.5 Å². The van der Waals surface area contributed by atoms with E-state index >= 15 is 0 Å². The molecule has 2 bridgehead atoms. The molecule has 0 N–H and O–H groups in total. The summed E-state index contributed by atoms with van der Waals surface area (Å²) in [5.41, 5.74) is 3.40. The van der Waals surface area contributed by atoms with E-state index in [1.807, 2.05) is 0 Å². The molecule has 2 nitrogen and oxygen atoms in total. The van der Waals surface area contributed by atoms with Crippen molar-refractivity contribution in [3.05, 3.63) is 35.4 Å². The molecule has 0 amide bonds. The fourth-order valence-electron chi connectivity index (χ4n) is 4.29. The fraction of sp³-hybridized carbons (Fsp3) is 0.550. The average molecular weight is 298 g/mol. The molecule has 0 aromatic heterocycles. The monoisotopic (exact) mass is 298 g/mol. The summed E-state index contributed by atoms with van der Waals surface area (Å²) in [5.74, 6) is 0.799. The third-order valence-corrected chi connectivity index (χ3v) is 6.35. The van der Waals surface area contributed by atoms with Crippen molar-refractivity contribution in [2.45, 2.75) is 33.6 Å². The summed E-state index contributed by atoms with van der Waals surface area (Å²) in [6, 6.07) is 8.61. The lowest BCUT2D eigenvalue weighted by atomic mass is 9.70. The van der Waals surface area contributed by atoms with Crippen LogP contribution in [0.5, 0.6) is 0 Å². The van der Waals surface area contributed by atoms with Crippen molar-refractivity contribution in [2.75, 3.05) is 21.1 Å². The maximum atomic E-state index is 12.9. The summed E-state index contributed by atoms with van der Waals surface area (Å²) in [6.45, 7) is 6.70. The van der Waals surface area contributed by atoms with Gasteiger partial charge in [-0.1, -0.05) is 20.8 Å². The lowest BCUT2D eigenvalue weighted by Gasteiger charge is -2.31. The Bertz CT molecular complexity index is 645. The van der Waals surface area contributed by atoms with Gasteiger partial charge in [0.15, 0.2) is 5.78 Å². The number of allylic oxidation sites excluding steroid dienone is 1. The van der Waals surface area contributed by atoms with Gasteiger partial charge in [-0.15, -0.1) is 0 Å². The van der Waals surface area contributed by atoms with Gasteiger partial charge < -0.3 is 0 Å². The van der Waals surface area contributed by atoms with Crippen molar-refractivity contribution in [3.63, 3.8) is 0 Å². The number of rotatable bonds is 2. The fourth-order valence-corrected chi connectivity index (χ4v) is 4.29. The molecular formula is C20H28NO+. The van der Waals surface area contributed by atoms with Crippen LogP contribution in [0.15, 0.2) is 29.8 Å². The molecule has 1 aromatic rings. The predicted octanol–water partition coefficient (Wildman–Crippen LogP) is 4.29. The maximum absolute atomic E-state index is 12.9. The Balaban J connectivity index is 1.96. The number of hydrogen-bond acceptors (Lipinski definition) is 1. The number of hydrogen-bond donors (Lipinski definition) is 0. The quantitative estimate of drug-likeness (QED) is 0.588. The van der Waals surface area contributed by atoms with E-state index < -0.39 is 0 Å². The van der Waals surface area contributed by atoms with E-state index in [0.29, 0.717) is 11.7 Å². The van der Waals surface area contributed by atoms with Crippen LogP contribution in [-0.4, -0.2) is 26.9 Å². The first-order chi connectivity index (χ1) is 10.1. The van der Waals surface area contributed by atoms with Gasteiger partial charge in [0.05, 0.1) is 21.1 Å². The van der Waals surface area contributed by atoms with Crippen LogP contribution >= 0.6 is 0 Å². The molecule has 22 heavy (non-hydrogen) atoms. The third kappa shape index (κ3) is 2.00. The minimum atomic E-state index is -0.161. The number of ketones is 1. The zero-order valence-corrected chi connectivity index (χ0v) is 14.7. The van der Waals surface area contributed by atoms with Gasteiger partial charge in [0, 0.05) is 5.41 Å². The van der Waals surface area contributed by atoms with Gasteiger partial charge in [-0.2, -0.15) is 0 Å². The predicted molar refractivity (Wildman–Crippen MR) is 93.6 cm³/mol. The summed E-state index contributed by atoms with van der Waals surface area (Å²) in [5, 5.41) is 0. The van der Waals surface area contributed by atoms with E-state index in [-0.39, 0.29) is 10.8 Å². The Morgan fingerprint density at radius 3 is 2.14 bits per heavy atom. The van der Waals surface area contributed by atoms with Crippen LogP contribution in [0.4, 0.5) is 5.69 Å². The Labute approximate surface area is 134 Å². The molecule has 0 aliphatic heterocycles. The van der Waals surface area contributed by atoms with Crippen LogP contribution in [0.2, 0.25) is 0 Å². The number of quaternary nitrogens is 1. The second-order valence-electron chi connectivity index (χ2n) is 8.68. The second kappa shape index (κ2) is 4.55. The van der Waals surface area contributed by atoms with E-state index in [2.05, 4.69) is 72.3 Å². The average Bonchev–Trinajstić information content (AvgIpc) is 2.73. The highest BCUT2D eigenvalue weighted by molar-refractivity contribution is 6.07. The summed E-state index contributed by atoms with van der Waals surface area (Å²) >= 11 is 0. The molecule has 3 rings (SSSR count). The van der Waals surface area contributed by atoms with Crippen LogP contribution in [0, 0.1) is 16.7 Å². The standard InChI is InChI=1S/C20H28NO/c1-19(2)17-11-12-20(19,3)18(22)16(17)13-14-7-9-15(10-8-14)21(4,5)6/h7-10,13,17H,11-12H2,1-6H3/q+1/t17-,20+/m1/s1. The number of nitrogens with zero attached hydrogens (tertiary/aromatic N) is 1. The molecule has 2 aliphatic rings. The lowest BCUT2D eigenvalue weighted by Crippen LogP contribution is -2.34. The van der Waals surface area contributed by atoms with Gasteiger partial charge in [-0.25, -0.2) is 0 Å². The topological polar surface area (TPSA) is 17.1 Å². The highest BCUT2D eigenvalue weighted by Crippen LogP contribution is 2.65. The lowest BCUT2D eigenvalue weighted by molar-refractivity contribution is -0.125. The molecule has 2 heteroatoms. The van der Waals surface area contributed by atoms with Gasteiger partial charge in [0.1, 0.15) is 5.69 Å². The zero-order chi connectivity index (χ0) is 16.3. The van der Waals surface area contributed by atoms with Crippen molar-refractivity contribution in [1.29, 1.82) is 0 Å². The van der Waals surface area contributed by atoms with Crippen molar-refractivity contribution < 1.29 is 4.79 Å². The summed E-state index contributed by atoms with van der Waals surface area (Å²) in [4.78, 5) is 12.9. The number of benzene rings is 1. The molecule has 2 aliphatic carbocycles. The molecule has 0 heterocycles. The number of carbonyl (C=O) groups excluding carboxylic acids is 1. The van der Waals surface area contributed by atoms with Gasteiger partial charge in [0.25, 0.3) is 0 Å². The van der Waals surface area contributed by atoms with Gasteiger partial charge in [-0.05, 0) is 65.7 Å². The molecule has 2 atom stereocenters. The molecule has 0 saturated heterocycles. The van der Waals surface area contributed by atoms with E-state index in [4.69, 9.17) is 0 Å². The van der Waals surface area contributed by atoms with Gasteiger partial charge in [-0.3, -0.25) is 9.28 Å². The highest BCUT2D eigenvalue weighted by atomic mass is 16.1. The minimum absolute atomic E-state index is 0.0954. The Morgan fingerprint density at radius 1 is 1.09 bits per heavy atom. The summed E-state index contributed by atoms with van der Waals surface area (Å²) in [7, 11) is 6.49. The van der Waals surface area contributed by atoms with Crippen LogP contribution in [0.25, 0.3) is 6.08 Å². The Kier molecular flexibility index (Phi) is 3.20. The molecule has 118 valence electrons. The maximum Gasteiger partial charge on any atom is 0.165 e.